The maximum absolute atomic E-state index is 11.0. The molecule has 1 aromatic heterocycles. The number of thiocarbonyl (C=S) groups is 1. The zero-order valence-corrected chi connectivity index (χ0v) is 12.1. The second-order valence-electron chi connectivity index (χ2n) is 4.24. The highest BCUT2D eigenvalue weighted by Gasteiger charge is 2.26. The number of amides is 1. The molecule has 0 radical (unpaired) electrons. The van der Waals surface area contributed by atoms with Crippen LogP contribution in [0, 0.1) is 0 Å². The molecule has 1 aliphatic rings. The van der Waals surface area contributed by atoms with Crippen LogP contribution in [0.15, 0.2) is 18.3 Å². The molecule has 0 bridgehead atoms. The molecule has 1 saturated heterocycles. The van der Waals surface area contributed by atoms with Crippen molar-refractivity contribution in [2.45, 2.75) is 6.10 Å². The first-order valence-electron chi connectivity index (χ1n) is 6.02. The molecule has 2 heterocycles. The van der Waals surface area contributed by atoms with Gasteiger partial charge in [-0.05, 0) is 24.4 Å². The number of anilines is 2. The largest absolute Gasteiger partial charge is 0.453 e. The van der Waals surface area contributed by atoms with Crippen molar-refractivity contribution in [3.8, 4) is 0 Å². The van der Waals surface area contributed by atoms with Gasteiger partial charge in [0, 0.05) is 20.2 Å². The van der Waals surface area contributed by atoms with Gasteiger partial charge in [0.15, 0.2) is 5.11 Å². The molecule has 1 aromatic rings. The van der Waals surface area contributed by atoms with Gasteiger partial charge in [0.05, 0.1) is 25.1 Å². The van der Waals surface area contributed by atoms with Crippen molar-refractivity contribution in [3.63, 3.8) is 0 Å². The molecule has 2 N–H and O–H groups in total. The van der Waals surface area contributed by atoms with Crippen LogP contribution in [0.1, 0.15) is 0 Å². The smallest absolute Gasteiger partial charge is 0.413 e. The zero-order valence-electron chi connectivity index (χ0n) is 11.3. The number of alkyl carbamates (subject to hydrolysis) is 1. The molecule has 0 atom stereocenters. The van der Waals surface area contributed by atoms with Crippen LogP contribution in [-0.4, -0.2) is 49.6 Å². The third-order valence-electron chi connectivity index (χ3n) is 2.94. The normalized spacial score (nSPS) is 14.4. The monoisotopic (exact) mass is 296 g/mol. The Balaban J connectivity index is 1.86. The third-order valence-corrected chi connectivity index (χ3v) is 3.14. The fraction of sp³-hybridized carbons (Fsp3) is 0.417. The Morgan fingerprint density at radius 3 is 2.75 bits per heavy atom. The van der Waals surface area contributed by atoms with Crippen LogP contribution in [0.4, 0.5) is 16.3 Å². The molecule has 0 aliphatic carbocycles. The SMILES string of the molecule is COC(=O)NC(=S)Nc1ccc(N2CC(OC)C2)cn1. The summed E-state index contributed by atoms with van der Waals surface area (Å²) in [5.74, 6) is 0.555. The van der Waals surface area contributed by atoms with Crippen LogP contribution in [0.3, 0.4) is 0 Å². The number of hydrogen-bond donors (Lipinski definition) is 2. The molecular formula is C12H16N4O3S. The predicted molar refractivity (Wildman–Crippen MR) is 79.0 cm³/mol. The van der Waals surface area contributed by atoms with E-state index in [1.807, 2.05) is 6.07 Å². The summed E-state index contributed by atoms with van der Waals surface area (Å²) in [6.45, 7) is 1.74. The van der Waals surface area contributed by atoms with Gasteiger partial charge in [-0.15, -0.1) is 0 Å². The van der Waals surface area contributed by atoms with Crippen molar-refractivity contribution in [2.24, 2.45) is 0 Å². The number of carbonyl (C=O) groups is 1. The quantitative estimate of drug-likeness (QED) is 0.805. The number of methoxy groups -OCH3 is 2. The lowest BCUT2D eigenvalue weighted by Gasteiger charge is -2.39. The van der Waals surface area contributed by atoms with E-state index >= 15 is 0 Å². The molecule has 1 fully saturated rings. The average molecular weight is 296 g/mol. The van der Waals surface area contributed by atoms with Crippen molar-refractivity contribution >= 4 is 34.9 Å². The number of nitrogens with one attached hydrogen (secondary N) is 2. The molecule has 2 rings (SSSR count). The Morgan fingerprint density at radius 2 is 2.20 bits per heavy atom. The van der Waals surface area contributed by atoms with Crippen LogP contribution in [0.5, 0.6) is 0 Å². The fourth-order valence-electron chi connectivity index (χ4n) is 1.74. The summed E-state index contributed by atoms with van der Waals surface area (Å²) in [5.41, 5.74) is 1.02. The first-order valence-corrected chi connectivity index (χ1v) is 6.43. The van der Waals surface area contributed by atoms with E-state index < -0.39 is 6.09 Å². The van der Waals surface area contributed by atoms with Crippen molar-refractivity contribution in [3.05, 3.63) is 18.3 Å². The minimum atomic E-state index is -0.620. The highest BCUT2D eigenvalue weighted by atomic mass is 32.1. The van der Waals surface area contributed by atoms with Gasteiger partial charge in [-0.3, -0.25) is 5.32 Å². The van der Waals surface area contributed by atoms with Gasteiger partial charge in [-0.25, -0.2) is 9.78 Å². The van der Waals surface area contributed by atoms with Crippen molar-refractivity contribution in [1.82, 2.24) is 10.3 Å². The summed E-state index contributed by atoms with van der Waals surface area (Å²) in [5, 5.41) is 5.28. The summed E-state index contributed by atoms with van der Waals surface area (Å²) in [7, 11) is 2.98. The van der Waals surface area contributed by atoms with Crippen LogP contribution in [0.25, 0.3) is 0 Å². The molecule has 0 saturated carbocycles. The first-order chi connectivity index (χ1) is 9.62. The van der Waals surface area contributed by atoms with E-state index in [0.717, 1.165) is 18.8 Å². The van der Waals surface area contributed by atoms with Gasteiger partial charge < -0.3 is 19.7 Å². The molecular weight excluding hydrogens is 280 g/mol. The number of nitrogens with zero attached hydrogens (tertiary/aromatic N) is 2. The number of pyridine rings is 1. The topological polar surface area (TPSA) is 75.7 Å². The summed E-state index contributed by atoms with van der Waals surface area (Å²) in [6, 6.07) is 3.72. The molecule has 0 aromatic carbocycles. The van der Waals surface area contributed by atoms with Crippen LogP contribution in [-0.2, 0) is 9.47 Å². The summed E-state index contributed by atoms with van der Waals surface area (Å²) in [4.78, 5) is 17.4. The lowest BCUT2D eigenvalue weighted by molar-refractivity contribution is 0.0787. The Hall–Kier alpha value is -1.93. The lowest BCUT2D eigenvalue weighted by Crippen LogP contribution is -2.51. The van der Waals surface area contributed by atoms with Crippen LogP contribution in [0.2, 0.25) is 0 Å². The van der Waals surface area contributed by atoms with Gasteiger partial charge in [0.2, 0.25) is 0 Å². The van der Waals surface area contributed by atoms with E-state index in [0.29, 0.717) is 11.9 Å². The summed E-state index contributed by atoms with van der Waals surface area (Å²) < 4.78 is 9.65. The number of hydrogen-bond acceptors (Lipinski definition) is 6. The van der Waals surface area contributed by atoms with Gasteiger partial charge >= 0.3 is 6.09 Å². The van der Waals surface area contributed by atoms with E-state index in [2.05, 4.69) is 25.3 Å². The molecule has 7 nitrogen and oxygen atoms in total. The summed E-state index contributed by atoms with van der Waals surface area (Å²) in [6.07, 6.45) is 1.42. The number of ether oxygens (including phenoxy) is 2. The molecule has 0 unspecified atom stereocenters. The van der Waals surface area contributed by atoms with E-state index in [9.17, 15) is 4.79 Å². The van der Waals surface area contributed by atoms with Gasteiger partial charge in [0.25, 0.3) is 0 Å². The Morgan fingerprint density at radius 1 is 1.45 bits per heavy atom. The highest BCUT2D eigenvalue weighted by molar-refractivity contribution is 7.80. The standard InChI is InChI=1S/C12H16N4O3S/c1-18-9-6-16(7-9)8-3-4-10(13-5-8)14-11(20)15-12(17)19-2/h3-5,9H,6-7H2,1-2H3,(H2,13,14,15,17,20). The van der Waals surface area contributed by atoms with Crippen molar-refractivity contribution < 1.29 is 14.3 Å². The minimum Gasteiger partial charge on any atom is -0.453 e. The Bertz CT molecular complexity index is 488. The van der Waals surface area contributed by atoms with Crippen molar-refractivity contribution in [2.75, 3.05) is 37.5 Å². The van der Waals surface area contributed by atoms with Crippen LogP contribution < -0.4 is 15.5 Å². The molecule has 0 spiro atoms. The highest BCUT2D eigenvalue weighted by Crippen LogP contribution is 2.22. The fourth-order valence-corrected chi connectivity index (χ4v) is 1.92. The summed E-state index contributed by atoms with van der Waals surface area (Å²) >= 11 is 4.94. The maximum atomic E-state index is 11.0. The number of aromatic nitrogens is 1. The Labute approximate surface area is 122 Å². The minimum absolute atomic E-state index is 0.139. The first kappa shape index (κ1) is 14.5. The zero-order chi connectivity index (χ0) is 14.5. The van der Waals surface area contributed by atoms with Gasteiger partial charge in [0.1, 0.15) is 5.82 Å². The molecule has 8 heteroatoms. The maximum Gasteiger partial charge on any atom is 0.413 e. The third kappa shape index (κ3) is 3.55. The van der Waals surface area contributed by atoms with E-state index in [4.69, 9.17) is 17.0 Å². The molecule has 1 amide bonds. The van der Waals surface area contributed by atoms with E-state index in [-0.39, 0.29) is 5.11 Å². The van der Waals surface area contributed by atoms with E-state index in [1.165, 1.54) is 7.11 Å². The molecule has 20 heavy (non-hydrogen) atoms. The number of carbonyl (C=O) groups excluding carboxylic acids is 1. The number of rotatable bonds is 3. The van der Waals surface area contributed by atoms with Crippen LogP contribution >= 0.6 is 12.2 Å². The second kappa shape index (κ2) is 6.49. The lowest BCUT2D eigenvalue weighted by atomic mass is 10.1. The molecule has 1 aliphatic heterocycles. The average Bonchev–Trinajstić information content (AvgIpc) is 2.39. The van der Waals surface area contributed by atoms with Crippen molar-refractivity contribution in [1.29, 1.82) is 0 Å². The predicted octanol–water partition coefficient (Wildman–Crippen LogP) is 0.969. The molecule has 108 valence electrons. The van der Waals surface area contributed by atoms with Gasteiger partial charge in [-0.2, -0.15) is 0 Å². The second-order valence-corrected chi connectivity index (χ2v) is 4.64. The van der Waals surface area contributed by atoms with E-state index in [1.54, 1.807) is 19.4 Å². The Kier molecular flexibility index (Phi) is 4.70. The van der Waals surface area contributed by atoms with Gasteiger partial charge in [-0.1, -0.05) is 0 Å².